The first kappa shape index (κ1) is 14.2. The molecule has 102 valence electrons. The van der Waals surface area contributed by atoms with E-state index in [9.17, 15) is 9.18 Å². The highest BCUT2D eigenvalue weighted by Crippen LogP contribution is 2.09. The normalized spacial score (nSPS) is 10.7. The maximum absolute atomic E-state index is 12.9. The van der Waals surface area contributed by atoms with Gasteiger partial charge in [-0.25, -0.2) is 9.82 Å². The second-order valence-corrected chi connectivity index (χ2v) is 4.59. The third-order valence-electron chi connectivity index (χ3n) is 2.53. The van der Waals surface area contributed by atoms with Crippen molar-refractivity contribution in [1.82, 2.24) is 5.43 Å². The Morgan fingerprint density at radius 3 is 2.70 bits per heavy atom. The Morgan fingerprint density at radius 2 is 2.00 bits per heavy atom. The summed E-state index contributed by atoms with van der Waals surface area (Å²) in [6.07, 6.45) is 1.60. The summed E-state index contributed by atoms with van der Waals surface area (Å²) < 4.78 is 12.9. The second kappa shape index (κ2) is 6.82. The van der Waals surface area contributed by atoms with Gasteiger partial charge in [0.15, 0.2) is 0 Å². The van der Waals surface area contributed by atoms with Crippen LogP contribution in [0.3, 0.4) is 0 Å². The molecule has 2 aromatic carbocycles. The third-order valence-corrected chi connectivity index (χ3v) is 2.78. The van der Waals surface area contributed by atoms with Crippen LogP contribution in [-0.4, -0.2) is 12.1 Å². The Labute approximate surface area is 121 Å². The van der Waals surface area contributed by atoms with Crippen molar-refractivity contribution in [1.29, 1.82) is 0 Å². The second-order valence-electron chi connectivity index (χ2n) is 4.15. The molecule has 2 aromatic rings. The van der Waals surface area contributed by atoms with Gasteiger partial charge >= 0.3 is 0 Å². The maximum atomic E-state index is 12.9. The van der Waals surface area contributed by atoms with Crippen molar-refractivity contribution in [3.63, 3.8) is 0 Å². The monoisotopic (exact) mass is 290 g/mol. The van der Waals surface area contributed by atoms with Crippen molar-refractivity contribution < 1.29 is 9.18 Å². The van der Waals surface area contributed by atoms with E-state index in [1.54, 1.807) is 36.4 Å². The standard InChI is InChI=1S/C15H12ClFN2O/c16-13-6-4-11(5-7-13)9-15(20)19-18-10-12-2-1-3-14(17)8-12/h1-8,10H,9H2,(H,19,20)/b18-10-. The van der Waals surface area contributed by atoms with Crippen molar-refractivity contribution in [2.75, 3.05) is 0 Å². The van der Waals surface area contributed by atoms with E-state index in [2.05, 4.69) is 10.5 Å². The van der Waals surface area contributed by atoms with Crippen LogP contribution in [0, 0.1) is 5.82 Å². The number of nitrogens with one attached hydrogen (secondary N) is 1. The van der Waals surface area contributed by atoms with Crippen LogP contribution in [0.2, 0.25) is 5.02 Å². The molecule has 0 aliphatic carbocycles. The molecule has 0 aliphatic rings. The number of hydrogen-bond acceptors (Lipinski definition) is 2. The van der Waals surface area contributed by atoms with Gasteiger partial charge in [0.05, 0.1) is 12.6 Å². The zero-order valence-electron chi connectivity index (χ0n) is 10.5. The molecule has 0 saturated heterocycles. The van der Waals surface area contributed by atoms with Crippen LogP contribution in [0.4, 0.5) is 4.39 Å². The Morgan fingerprint density at radius 1 is 1.25 bits per heavy atom. The minimum absolute atomic E-state index is 0.206. The zero-order valence-corrected chi connectivity index (χ0v) is 11.3. The van der Waals surface area contributed by atoms with Gasteiger partial charge in [-0.3, -0.25) is 4.79 Å². The van der Waals surface area contributed by atoms with E-state index in [0.717, 1.165) is 5.56 Å². The number of hydrazone groups is 1. The zero-order chi connectivity index (χ0) is 14.4. The van der Waals surface area contributed by atoms with Gasteiger partial charge in [-0.05, 0) is 35.4 Å². The van der Waals surface area contributed by atoms with Crippen molar-refractivity contribution in [2.24, 2.45) is 5.10 Å². The smallest absolute Gasteiger partial charge is 0.244 e. The van der Waals surface area contributed by atoms with Gasteiger partial charge in [-0.15, -0.1) is 0 Å². The lowest BCUT2D eigenvalue weighted by molar-refractivity contribution is -0.120. The molecule has 0 unspecified atom stereocenters. The first-order chi connectivity index (χ1) is 9.63. The summed E-state index contributed by atoms with van der Waals surface area (Å²) in [5, 5.41) is 4.40. The Bertz CT molecular complexity index is 626. The molecular weight excluding hydrogens is 279 g/mol. The molecule has 0 saturated carbocycles. The van der Waals surface area contributed by atoms with Crippen LogP contribution in [0.25, 0.3) is 0 Å². The van der Waals surface area contributed by atoms with E-state index >= 15 is 0 Å². The summed E-state index contributed by atoms with van der Waals surface area (Å²) in [5.41, 5.74) is 3.81. The quantitative estimate of drug-likeness (QED) is 0.682. The molecule has 0 spiro atoms. The van der Waals surface area contributed by atoms with Crippen LogP contribution in [0.15, 0.2) is 53.6 Å². The Kier molecular flexibility index (Phi) is 4.85. The largest absolute Gasteiger partial charge is 0.273 e. The number of nitrogens with zero attached hydrogens (tertiary/aromatic N) is 1. The average molecular weight is 291 g/mol. The van der Waals surface area contributed by atoms with Crippen LogP contribution in [0.5, 0.6) is 0 Å². The van der Waals surface area contributed by atoms with Crippen molar-refractivity contribution >= 4 is 23.7 Å². The number of halogens is 2. The van der Waals surface area contributed by atoms with Crippen LogP contribution in [0.1, 0.15) is 11.1 Å². The molecule has 0 radical (unpaired) electrons. The fourth-order valence-corrected chi connectivity index (χ4v) is 1.72. The predicted molar refractivity (Wildman–Crippen MR) is 77.3 cm³/mol. The van der Waals surface area contributed by atoms with Gasteiger partial charge in [0.1, 0.15) is 5.82 Å². The number of benzene rings is 2. The van der Waals surface area contributed by atoms with E-state index in [1.807, 2.05) is 0 Å². The molecule has 0 fully saturated rings. The SMILES string of the molecule is O=C(Cc1ccc(Cl)cc1)N/N=C\c1cccc(F)c1. The maximum Gasteiger partial charge on any atom is 0.244 e. The minimum Gasteiger partial charge on any atom is -0.273 e. The topological polar surface area (TPSA) is 41.5 Å². The fourth-order valence-electron chi connectivity index (χ4n) is 1.59. The van der Waals surface area contributed by atoms with E-state index in [1.165, 1.54) is 18.3 Å². The molecular formula is C15H12ClFN2O. The van der Waals surface area contributed by atoms with Crippen LogP contribution < -0.4 is 5.43 Å². The molecule has 2 rings (SSSR count). The minimum atomic E-state index is -0.346. The van der Waals surface area contributed by atoms with Gasteiger partial charge in [-0.2, -0.15) is 5.10 Å². The molecule has 0 aromatic heterocycles. The fraction of sp³-hybridized carbons (Fsp3) is 0.0667. The summed E-state index contributed by atoms with van der Waals surface area (Å²) in [7, 11) is 0. The highest BCUT2D eigenvalue weighted by atomic mass is 35.5. The molecule has 1 amide bonds. The average Bonchev–Trinajstić information content (AvgIpc) is 2.41. The summed E-state index contributed by atoms with van der Waals surface area (Å²) >= 11 is 5.76. The lowest BCUT2D eigenvalue weighted by Crippen LogP contribution is -2.19. The highest BCUT2D eigenvalue weighted by molar-refractivity contribution is 6.30. The van der Waals surface area contributed by atoms with E-state index < -0.39 is 0 Å². The van der Waals surface area contributed by atoms with Gasteiger partial charge in [0, 0.05) is 5.02 Å². The van der Waals surface area contributed by atoms with Gasteiger partial charge in [-0.1, -0.05) is 35.9 Å². The van der Waals surface area contributed by atoms with E-state index in [-0.39, 0.29) is 18.1 Å². The van der Waals surface area contributed by atoms with Gasteiger partial charge < -0.3 is 0 Å². The lowest BCUT2D eigenvalue weighted by atomic mass is 10.1. The lowest BCUT2D eigenvalue weighted by Gasteiger charge is -2.00. The molecule has 0 heterocycles. The molecule has 20 heavy (non-hydrogen) atoms. The van der Waals surface area contributed by atoms with Crippen molar-refractivity contribution in [3.05, 3.63) is 70.5 Å². The summed E-state index contributed by atoms with van der Waals surface area (Å²) in [5.74, 6) is -0.596. The number of carbonyl (C=O) groups is 1. The molecule has 3 nitrogen and oxygen atoms in total. The molecule has 1 N–H and O–H groups in total. The summed E-state index contributed by atoms with van der Waals surface area (Å²) in [6, 6.07) is 12.9. The first-order valence-electron chi connectivity index (χ1n) is 5.95. The predicted octanol–water partition coefficient (Wildman–Crippen LogP) is 3.17. The van der Waals surface area contributed by atoms with Crippen molar-refractivity contribution in [3.8, 4) is 0 Å². The number of rotatable bonds is 4. The summed E-state index contributed by atoms with van der Waals surface area (Å²) in [6.45, 7) is 0. The molecule has 0 aliphatic heterocycles. The molecule has 0 atom stereocenters. The molecule has 0 bridgehead atoms. The van der Waals surface area contributed by atoms with E-state index in [0.29, 0.717) is 10.6 Å². The number of amides is 1. The van der Waals surface area contributed by atoms with Crippen LogP contribution >= 0.6 is 11.6 Å². The van der Waals surface area contributed by atoms with Crippen molar-refractivity contribution in [2.45, 2.75) is 6.42 Å². The van der Waals surface area contributed by atoms with E-state index in [4.69, 9.17) is 11.6 Å². The third kappa shape index (κ3) is 4.48. The number of carbonyl (C=O) groups excluding carboxylic acids is 1. The number of hydrogen-bond donors (Lipinski definition) is 1. The van der Waals surface area contributed by atoms with Gasteiger partial charge in [0.2, 0.25) is 5.91 Å². The Hall–Kier alpha value is -2.20. The van der Waals surface area contributed by atoms with Gasteiger partial charge in [0.25, 0.3) is 0 Å². The van der Waals surface area contributed by atoms with Crippen LogP contribution in [-0.2, 0) is 11.2 Å². The Balaban J connectivity index is 1.87. The highest BCUT2D eigenvalue weighted by Gasteiger charge is 2.01. The first-order valence-corrected chi connectivity index (χ1v) is 6.33. The molecule has 5 heteroatoms. The summed E-state index contributed by atoms with van der Waals surface area (Å²) in [4.78, 5) is 11.6.